The van der Waals surface area contributed by atoms with Gasteiger partial charge in [-0.25, -0.2) is 9.59 Å². The van der Waals surface area contributed by atoms with Gasteiger partial charge in [-0.3, -0.25) is 41.7 Å². The summed E-state index contributed by atoms with van der Waals surface area (Å²) in [5.41, 5.74) is 1.16. The summed E-state index contributed by atoms with van der Waals surface area (Å²) < 4.78 is 10.1. The van der Waals surface area contributed by atoms with Gasteiger partial charge in [0.05, 0.1) is 9.85 Å². The van der Waals surface area contributed by atoms with E-state index in [1.165, 1.54) is 48.5 Å². The first-order valence-electron chi connectivity index (χ1n) is 14.6. The lowest BCUT2D eigenvalue weighted by atomic mass is 10.0. The van der Waals surface area contributed by atoms with Crippen LogP contribution >= 0.6 is 0 Å². The van der Waals surface area contributed by atoms with Crippen molar-refractivity contribution in [1.82, 2.24) is 10.6 Å². The van der Waals surface area contributed by atoms with Gasteiger partial charge in [-0.1, -0.05) is 51.4 Å². The predicted molar refractivity (Wildman–Crippen MR) is 164 cm³/mol. The Labute approximate surface area is 255 Å². The number of hydrogen-bond acceptors (Lipinski definition) is 10. The number of nitrogens with one attached hydrogen (secondary N) is 4. The number of carbonyl (C=O) groups is 2. The van der Waals surface area contributed by atoms with Gasteiger partial charge in [0.2, 0.25) is 0 Å². The van der Waals surface area contributed by atoms with Crippen LogP contribution in [0, 0.1) is 31.0 Å². The number of alkyl carbamates (subject to hydrolysis) is 2. The molecule has 0 fully saturated rings. The number of unbranched alkanes of at least 4 members (excludes halogenated alkanes) is 9. The lowest BCUT2D eigenvalue weighted by Crippen LogP contribution is -2.30. The quantitative estimate of drug-likeness (QED) is 0.0415. The molecule has 0 aliphatic heterocycles. The lowest BCUT2D eigenvalue weighted by molar-refractivity contribution is -0.385. The van der Waals surface area contributed by atoms with E-state index in [1.54, 1.807) is 0 Å². The molecular weight excluding hydrogens is 572 g/mol. The van der Waals surface area contributed by atoms with Crippen LogP contribution in [0.1, 0.15) is 88.2 Å². The van der Waals surface area contributed by atoms with E-state index in [4.69, 9.17) is 20.3 Å². The monoisotopic (exact) mass is 612 g/mol. The first-order valence-corrected chi connectivity index (χ1v) is 14.6. The summed E-state index contributed by atoms with van der Waals surface area (Å²) in [6, 6.07) is 11.4. The molecule has 0 aliphatic rings. The van der Waals surface area contributed by atoms with Crippen molar-refractivity contribution in [2.24, 2.45) is 0 Å². The largest absolute Gasteiger partial charge is 0.444 e. The van der Waals surface area contributed by atoms with Crippen molar-refractivity contribution < 1.29 is 28.9 Å². The van der Waals surface area contributed by atoms with Gasteiger partial charge in [-0.2, -0.15) is 0 Å². The van der Waals surface area contributed by atoms with Crippen LogP contribution in [0.4, 0.5) is 21.0 Å². The molecule has 14 heteroatoms. The highest BCUT2D eigenvalue weighted by atomic mass is 16.6. The lowest BCUT2D eigenvalue weighted by Gasteiger charge is -2.08. The zero-order valence-electron chi connectivity index (χ0n) is 24.7. The number of hydrogen-bond donors (Lipinski definition) is 4. The predicted octanol–water partition coefficient (Wildman–Crippen LogP) is 7.29. The Balaban J connectivity index is 1.38. The van der Waals surface area contributed by atoms with Crippen LogP contribution in [0.5, 0.6) is 0 Å². The maximum atomic E-state index is 11.8. The van der Waals surface area contributed by atoms with Gasteiger partial charge in [-0.15, -0.1) is 0 Å². The molecule has 14 nitrogen and oxygen atoms in total. The van der Waals surface area contributed by atoms with Crippen molar-refractivity contribution in [1.29, 1.82) is 10.8 Å². The van der Waals surface area contributed by atoms with Crippen LogP contribution in [-0.4, -0.2) is 33.7 Å². The summed E-state index contributed by atoms with van der Waals surface area (Å²) in [5, 5.41) is 41.9. The van der Waals surface area contributed by atoms with Crippen LogP contribution in [-0.2, 0) is 22.7 Å². The van der Waals surface area contributed by atoms with Gasteiger partial charge >= 0.3 is 12.2 Å². The number of amides is 2. The molecule has 2 aromatic rings. The maximum Gasteiger partial charge on any atom is 0.412 e. The summed E-state index contributed by atoms with van der Waals surface area (Å²) in [6.07, 6.45) is 9.57. The third kappa shape index (κ3) is 15.4. The van der Waals surface area contributed by atoms with Crippen LogP contribution < -0.4 is 10.6 Å². The molecule has 0 spiro atoms. The fourth-order valence-electron chi connectivity index (χ4n) is 4.19. The molecule has 2 amide bonds. The molecule has 0 radical (unpaired) electrons. The molecule has 0 aromatic heterocycles. The highest BCUT2D eigenvalue weighted by molar-refractivity contribution is 5.93. The number of rotatable bonds is 19. The highest BCUT2D eigenvalue weighted by Crippen LogP contribution is 2.15. The van der Waals surface area contributed by atoms with Gasteiger partial charge in [0.1, 0.15) is 24.9 Å². The van der Waals surface area contributed by atoms with E-state index in [-0.39, 0.29) is 36.3 Å². The zero-order valence-corrected chi connectivity index (χ0v) is 24.7. The van der Waals surface area contributed by atoms with Crippen molar-refractivity contribution in [3.8, 4) is 0 Å². The Kier molecular flexibility index (Phi) is 16.1. The minimum absolute atomic E-state index is 0.0380. The standard InChI is InChI=1S/C30H40N6O8/c31-27(33-29(37)43-21-23-13-17-25(18-14-23)35(39)40)11-9-7-5-3-1-2-4-6-8-10-12-28(32)34-30(38)44-22-24-15-19-26(20-16-24)36(41)42/h13-20H,1-12,21-22H2,(H2,31,33,37)(H2,32,34,38). The third-order valence-electron chi connectivity index (χ3n) is 6.64. The second-order valence-electron chi connectivity index (χ2n) is 10.2. The van der Waals surface area contributed by atoms with Crippen LogP contribution in [0.3, 0.4) is 0 Å². The molecule has 4 N–H and O–H groups in total. The number of carbonyl (C=O) groups excluding carboxylic acids is 2. The summed E-state index contributed by atoms with van der Waals surface area (Å²) >= 11 is 0. The summed E-state index contributed by atoms with van der Waals surface area (Å²) in [6.45, 7) is -0.0760. The Bertz CT molecular complexity index is 1150. The molecule has 0 saturated heterocycles. The fourth-order valence-corrected chi connectivity index (χ4v) is 4.19. The Hall–Kier alpha value is -4.88. The first-order chi connectivity index (χ1) is 21.1. The van der Waals surface area contributed by atoms with Crippen molar-refractivity contribution in [3.63, 3.8) is 0 Å². The number of nitro benzene ring substituents is 2. The molecule has 0 aliphatic carbocycles. The number of nitro groups is 2. The molecular formula is C30H40N6O8. The van der Waals surface area contributed by atoms with E-state index in [9.17, 15) is 29.8 Å². The van der Waals surface area contributed by atoms with Crippen molar-refractivity contribution in [2.75, 3.05) is 0 Å². The van der Waals surface area contributed by atoms with Crippen molar-refractivity contribution in [3.05, 3.63) is 79.9 Å². The van der Waals surface area contributed by atoms with E-state index in [1.807, 2.05) is 0 Å². The second kappa shape index (κ2) is 20.1. The molecule has 0 bridgehead atoms. The summed E-state index contributed by atoms with van der Waals surface area (Å²) in [4.78, 5) is 44.0. The van der Waals surface area contributed by atoms with E-state index in [0.29, 0.717) is 24.0 Å². The zero-order chi connectivity index (χ0) is 32.2. The second-order valence-corrected chi connectivity index (χ2v) is 10.2. The Morgan fingerprint density at radius 1 is 0.568 bits per heavy atom. The number of amidine groups is 2. The topological polar surface area (TPSA) is 211 Å². The molecule has 0 heterocycles. The smallest absolute Gasteiger partial charge is 0.412 e. The number of non-ortho nitro benzene ring substituents is 2. The van der Waals surface area contributed by atoms with Gasteiger partial charge in [0.15, 0.2) is 0 Å². The SMILES string of the molecule is N=C(CCCCCCCCCCCCC(=N)NC(=O)OCc1ccc([N+](=O)[O-])cc1)NC(=O)OCc1ccc([N+](=O)[O-])cc1. The minimum atomic E-state index is -0.721. The molecule has 238 valence electrons. The summed E-state index contributed by atoms with van der Waals surface area (Å²) in [7, 11) is 0. The van der Waals surface area contributed by atoms with E-state index in [2.05, 4.69) is 10.6 Å². The van der Waals surface area contributed by atoms with E-state index in [0.717, 1.165) is 64.2 Å². The van der Waals surface area contributed by atoms with Crippen LogP contribution in [0.15, 0.2) is 48.5 Å². The van der Waals surface area contributed by atoms with Gasteiger partial charge < -0.3 is 9.47 Å². The van der Waals surface area contributed by atoms with Crippen molar-refractivity contribution in [2.45, 2.75) is 90.3 Å². The normalized spacial score (nSPS) is 10.5. The van der Waals surface area contributed by atoms with Crippen LogP contribution in [0.25, 0.3) is 0 Å². The Morgan fingerprint density at radius 3 is 1.16 bits per heavy atom. The Morgan fingerprint density at radius 2 is 0.864 bits per heavy atom. The fraction of sp³-hybridized carbons (Fsp3) is 0.467. The molecule has 2 rings (SSSR count). The van der Waals surface area contributed by atoms with Crippen LogP contribution in [0.2, 0.25) is 0 Å². The van der Waals surface area contributed by atoms with Gasteiger partial charge in [0, 0.05) is 37.1 Å². The average Bonchev–Trinajstić information content (AvgIpc) is 2.99. The van der Waals surface area contributed by atoms with E-state index < -0.39 is 22.0 Å². The van der Waals surface area contributed by atoms with Gasteiger partial charge in [0.25, 0.3) is 11.4 Å². The molecule has 0 saturated carbocycles. The minimum Gasteiger partial charge on any atom is -0.444 e. The summed E-state index contributed by atoms with van der Waals surface area (Å²) in [5.74, 6) is 0.197. The molecule has 0 atom stereocenters. The number of nitrogens with zero attached hydrogens (tertiary/aromatic N) is 2. The van der Waals surface area contributed by atoms with Crippen molar-refractivity contribution >= 4 is 35.2 Å². The molecule has 0 unspecified atom stereocenters. The van der Waals surface area contributed by atoms with E-state index >= 15 is 0 Å². The number of benzene rings is 2. The average molecular weight is 613 g/mol. The molecule has 44 heavy (non-hydrogen) atoms. The number of ether oxygens (including phenoxy) is 2. The molecule has 2 aromatic carbocycles. The maximum absolute atomic E-state index is 11.8. The highest BCUT2D eigenvalue weighted by Gasteiger charge is 2.10. The van der Waals surface area contributed by atoms with Gasteiger partial charge in [-0.05, 0) is 48.2 Å². The third-order valence-corrected chi connectivity index (χ3v) is 6.64. The first kappa shape index (κ1) is 35.3.